The molecular weight excluding hydrogens is 218 g/mol. The smallest absolute Gasteiger partial charge is 0.338 e. The van der Waals surface area contributed by atoms with Gasteiger partial charge in [-0.25, -0.2) is 4.79 Å². The third-order valence-corrected chi connectivity index (χ3v) is 2.38. The monoisotopic (exact) mass is 225 g/mol. The summed E-state index contributed by atoms with van der Waals surface area (Å²) in [4.78, 5) is 13.8. The van der Waals surface area contributed by atoms with Crippen LogP contribution in [0.15, 0.2) is 18.3 Å². The lowest BCUT2D eigenvalue weighted by molar-refractivity contribution is 0.0699. The molecule has 2 rings (SSSR count). The van der Waals surface area contributed by atoms with Crippen LogP contribution < -0.4 is 4.74 Å². The number of hydrogen-bond donors (Lipinski definition) is 2. The van der Waals surface area contributed by atoms with Crippen LogP contribution in [0.3, 0.4) is 0 Å². The fourth-order valence-corrected chi connectivity index (χ4v) is 1.73. The molecule has 4 nitrogen and oxygen atoms in total. The number of carbonyl (C=O) groups is 1. The molecule has 1 heterocycles. The summed E-state index contributed by atoms with van der Waals surface area (Å²) in [6.07, 6.45) is 1.42. The summed E-state index contributed by atoms with van der Waals surface area (Å²) >= 11 is 5.84. The van der Waals surface area contributed by atoms with Gasteiger partial charge in [-0.3, -0.25) is 0 Å². The number of fused-ring (bicyclic) bond motifs is 1. The van der Waals surface area contributed by atoms with E-state index in [-0.39, 0.29) is 5.56 Å². The van der Waals surface area contributed by atoms with Gasteiger partial charge in [-0.15, -0.1) is 0 Å². The minimum Gasteiger partial charge on any atom is -0.496 e. The highest BCUT2D eigenvalue weighted by Gasteiger charge is 2.15. The third-order valence-electron chi connectivity index (χ3n) is 2.16. The quantitative estimate of drug-likeness (QED) is 0.826. The maximum atomic E-state index is 10.9. The van der Waals surface area contributed by atoms with Crippen LogP contribution in [0.25, 0.3) is 10.9 Å². The number of H-pyrrole nitrogens is 1. The normalized spacial score (nSPS) is 10.5. The first-order valence-electron chi connectivity index (χ1n) is 4.21. The first kappa shape index (κ1) is 9.86. The molecule has 0 unspecified atom stereocenters. The molecule has 0 amide bonds. The van der Waals surface area contributed by atoms with E-state index >= 15 is 0 Å². The number of ether oxygens (including phenoxy) is 1. The predicted octanol–water partition coefficient (Wildman–Crippen LogP) is 2.53. The van der Waals surface area contributed by atoms with Gasteiger partial charge in [-0.1, -0.05) is 11.6 Å². The Balaban J connectivity index is 2.83. The molecule has 0 fully saturated rings. The van der Waals surface area contributed by atoms with Gasteiger partial charge in [0, 0.05) is 11.2 Å². The van der Waals surface area contributed by atoms with Crippen molar-refractivity contribution in [3.63, 3.8) is 0 Å². The molecule has 2 N–H and O–H groups in total. The number of nitrogens with one attached hydrogen (secondary N) is 1. The number of aromatic amines is 1. The Labute approximate surface area is 90.4 Å². The Morgan fingerprint density at radius 2 is 2.27 bits per heavy atom. The van der Waals surface area contributed by atoms with Crippen LogP contribution in [-0.4, -0.2) is 23.2 Å². The molecule has 0 spiro atoms. The highest BCUT2D eigenvalue weighted by atomic mass is 35.5. The highest BCUT2D eigenvalue weighted by molar-refractivity contribution is 6.31. The van der Waals surface area contributed by atoms with E-state index in [9.17, 15) is 4.79 Å². The maximum absolute atomic E-state index is 10.9. The number of halogens is 1. The number of benzene rings is 1. The number of hydrogen-bond acceptors (Lipinski definition) is 2. The van der Waals surface area contributed by atoms with E-state index in [4.69, 9.17) is 21.4 Å². The van der Waals surface area contributed by atoms with Crippen LogP contribution in [0, 0.1) is 0 Å². The van der Waals surface area contributed by atoms with E-state index in [2.05, 4.69) is 4.98 Å². The molecule has 0 aliphatic rings. The van der Waals surface area contributed by atoms with Gasteiger partial charge in [-0.2, -0.15) is 0 Å². The second kappa shape index (κ2) is 3.47. The number of aromatic carboxylic acids is 1. The summed E-state index contributed by atoms with van der Waals surface area (Å²) in [6.45, 7) is 0. The van der Waals surface area contributed by atoms with Gasteiger partial charge < -0.3 is 14.8 Å². The summed E-state index contributed by atoms with van der Waals surface area (Å²) in [7, 11) is 1.48. The third kappa shape index (κ3) is 1.53. The van der Waals surface area contributed by atoms with Crippen LogP contribution in [0.1, 0.15) is 10.4 Å². The standard InChI is InChI=1S/C10H8ClNO3/c1-15-8-3-5(11)2-7-9(8)6(4-12-7)10(13)14/h2-4,12H,1H3,(H,13,14). The van der Waals surface area contributed by atoms with Crippen molar-refractivity contribution in [2.75, 3.05) is 7.11 Å². The number of rotatable bonds is 2. The zero-order chi connectivity index (χ0) is 11.0. The lowest BCUT2D eigenvalue weighted by Gasteiger charge is -2.03. The van der Waals surface area contributed by atoms with E-state index in [1.54, 1.807) is 12.1 Å². The Morgan fingerprint density at radius 3 is 2.87 bits per heavy atom. The van der Waals surface area contributed by atoms with Gasteiger partial charge >= 0.3 is 5.97 Å². The fourth-order valence-electron chi connectivity index (χ4n) is 1.53. The Bertz CT molecular complexity index is 533. The summed E-state index contributed by atoms with van der Waals surface area (Å²) in [5.74, 6) is -0.543. The topological polar surface area (TPSA) is 62.3 Å². The molecule has 0 radical (unpaired) electrons. The number of carboxylic acids is 1. The van der Waals surface area contributed by atoms with E-state index in [1.807, 2.05) is 0 Å². The largest absolute Gasteiger partial charge is 0.496 e. The second-order valence-corrected chi connectivity index (χ2v) is 3.47. The zero-order valence-electron chi connectivity index (χ0n) is 7.87. The lowest BCUT2D eigenvalue weighted by atomic mass is 10.1. The van der Waals surface area contributed by atoms with Crippen molar-refractivity contribution < 1.29 is 14.6 Å². The minimum atomic E-state index is -0.998. The van der Waals surface area contributed by atoms with Gasteiger partial charge in [0.05, 0.1) is 23.6 Å². The predicted molar refractivity (Wildman–Crippen MR) is 56.8 cm³/mol. The summed E-state index contributed by atoms with van der Waals surface area (Å²) in [5.41, 5.74) is 0.829. The number of aromatic nitrogens is 1. The minimum absolute atomic E-state index is 0.179. The van der Waals surface area contributed by atoms with Gasteiger partial charge in [0.1, 0.15) is 5.75 Å². The Kier molecular flexibility index (Phi) is 2.28. The van der Waals surface area contributed by atoms with Crippen molar-refractivity contribution in [1.29, 1.82) is 0 Å². The van der Waals surface area contributed by atoms with Crippen molar-refractivity contribution >= 4 is 28.5 Å². The van der Waals surface area contributed by atoms with E-state index < -0.39 is 5.97 Å². The van der Waals surface area contributed by atoms with E-state index in [1.165, 1.54) is 13.3 Å². The molecule has 0 bridgehead atoms. The fraction of sp³-hybridized carbons (Fsp3) is 0.100. The molecule has 1 aromatic carbocycles. The van der Waals surface area contributed by atoms with Crippen LogP contribution in [-0.2, 0) is 0 Å². The van der Waals surface area contributed by atoms with Crippen molar-refractivity contribution in [3.05, 3.63) is 28.9 Å². The summed E-state index contributed by atoms with van der Waals surface area (Å²) < 4.78 is 5.09. The summed E-state index contributed by atoms with van der Waals surface area (Å²) in [5, 5.41) is 9.99. The van der Waals surface area contributed by atoms with Gasteiger partial charge in [0.2, 0.25) is 0 Å². The highest BCUT2D eigenvalue weighted by Crippen LogP contribution is 2.32. The molecular formula is C10H8ClNO3. The van der Waals surface area contributed by atoms with Crippen molar-refractivity contribution in [3.8, 4) is 5.75 Å². The Morgan fingerprint density at radius 1 is 1.53 bits per heavy atom. The lowest BCUT2D eigenvalue weighted by Crippen LogP contribution is -1.95. The zero-order valence-corrected chi connectivity index (χ0v) is 8.63. The molecule has 2 aromatic rings. The molecule has 5 heteroatoms. The Hall–Kier alpha value is -1.68. The molecule has 0 saturated heterocycles. The average Bonchev–Trinajstić information content (AvgIpc) is 2.59. The van der Waals surface area contributed by atoms with Crippen LogP contribution in [0.4, 0.5) is 0 Å². The van der Waals surface area contributed by atoms with E-state index in [0.717, 1.165) is 0 Å². The summed E-state index contributed by atoms with van der Waals surface area (Å²) in [6, 6.07) is 3.25. The van der Waals surface area contributed by atoms with Crippen molar-refractivity contribution in [2.45, 2.75) is 0 Å². The molecule has 78 valence electrons. The van der Waals surface area contributed by atoms with Gasteiger partial charge in [0.15, 0.2) is 0 Å². The molecule has 0 aliphatic carbocycles. The average molecular weight is 226 g/mol. The molecule has 0 atom stereocenters. The first-order valence-corrected chi connectivity index (χ1v) is 4.59. The second-order valence-electron chi connectivity index (χ2n) is 3.04. The molecule has 15 heavy (non-hydrogen) atoms. The number of carboxylic acid groups (broad SMARTS) is 1. The maximum Gasteiger partial charge on any atom is 0.338 e. The van der Waals surface area contributed by atoms with Crippen LogP contribution in [0.2, 0.25) is 5.02 Å². The SMILES string of the molecule is COc1cc(Cl)cc2[nH]cc(C(=O)O)c12. The van der Waals surface area contributed by atoms with Crippen molar-refractivity contribution in [2.24, 2.45) is 0 Å². The molecule has 1 aromatic heterocycles. The van der Waals surface area contributed by atoms with Gasteiger partial charge in [0.25, 0.3) is 0 Å². The van der Waals surface area contributed by atoms with E-state index in [0.29, 0.717) is 21.7 Å². The molecule has 0 aliphatic heterocycles. The van der Waals surface area contributed by atoms with Crippen LogP contribution >= 0.6 is 11.6 Å². The number of methoxy groups -OCH3 is 1. The van der Waals surface area contributed by atoms with Crippen LogP contribution in [0.5, 0.6) is 5.75 Å². The van der Waals surface area contributed by atoms with Gasteiger partial charge in [-0.05, 0) is 12.1 Å². The van der Waals surface area contributed by atoms with Crippen molar-refractivity contribution in [1.82, 2.24) is 4.98 Å². The molecule has 0 saturated carbocycles. The first-order chi connectivity index (χ1) is 7.13.